The van der Waals surface area contributed by atoms with Gasteiger partial charge in [-0.1, -0.05) is 0 Å². The lowest BCUT2D eigenvalue weighted by atomic mass is 10.4. The number of carbonyl (C=O) groups is 2. The van der Waals surface area contributed by atoms with Crippen LogP contribution in [0.2, 0.25) is 0 Å². The highest BCUT2D eigenvalue weighted by atomic mass is 19.1. The van der Waals surface area contributed by atoms with Gasteiger partial charge in [-0.3, -0.25) is 9.59 Å². The number of nitrogens with one attached hydrogen (secondary N) is 1. The summed E-state index contributed by atoms with van der Waals surface area (Å²) in [6, 6.07) is 2.69. The van der Waals surface area contributed by atoms with E-state index in [1.165, 1.54) is 28.9 Å². The van der Waals surface area contributed by atoms with Crippen LogP contribution in [0.4, 0.5) is 4.39 Å². The second-order valence-corrected chi connectivity index (χ2v) is 3.64. The van der Waals surface area contributed by atoms with Gasteiger partial charge in [0.1, 0.15) is 17.2 Å². The van der Waals surface area contributed by atoms with E-state index in [0.717, 1.165) is 0 Å². The quantitative estimate of drug-likeness (QED) is 0.836. The zero-order chi connectivity index (χ0) is 13.1. The molecule has 0 saturated heterocycles. The van der Waals surface area contributed by atoms with Crippen molar-refractivity contribution in [3.8, 4) is 0 Å². The average molecular weight is 251 g/mol. The molecule has 94 valence electrons. The number of nitrogens with zero attached hydrogens (tertiary/aromatic N) is 2. The van der Waals surface area contributed by atoms with Crippen LogP contribution in [0.3, 0.4) is 0 Å². The minimum Gasteiger partial charge on any atom is -0.481 e. The van der Waals surface area contributed by atoms with Crippen molar-refractivity contribution in [1.29, 1.82) is 0 Å². The number of imidazole rings is 1. The Kier molecular flexibility index (Phi) is 3.22. The molecule has 2 heterocycles. The second-order valence-electron chi connectivity index (χ2n) is 3.64. The van der Waals surface area contributed by atoms with Crippen molar-refractivity contribution in [3.63, 3.8) is 0 Å². The molecule has 0 aliphatic heterocycles. The summed E-state index contributed by atoms with van der Waals surface area (Å²) in [7, 11) is 0. The lowest BCUT2D eigenvalue weighted by molar-refractivity contribution is -0.136. The summed E-state index contributed by atoms with van der Waals surface area (Å²) < 4.78 is 14.3. The Hall–Kier alpha value is -2.44. The fraction of sp³-hybridized carbons (Fsp3) is 0.182. The summed E-state index contributed by atoms with van der Waals surface area (Å²) in [5.41, 5.74) is 0.561. The van der Waals surface area contributed by atoms with Crippen molar-refractivity contribution in [1.82, 2.24) is 14.7 Å². The molecule has 0 unspecified atom stereocenters. The SMILES string of the molecule is O=C(O)CCNC(=O)c1cn2cc(F)ccc2n1. The Morgan fingerprint density at radius 1 is 1.39 bits per heavy atom. The predicted octanol–water partition coefficient (Wildman–Crippen LogP) is 0.678. The molecule has 18 heavy (non-hydrogen) atoms. The molecule has 7 heteroatoms. The lowest BCUT2D eigenvalue weighted by Gasteiger charge is -1.99. The molecule has 6 nitrogen and oxygen atoms in total. The minimum absolute atomic E-state index is 0.0242. The lowest BCUT2D eigenvalue weighted by Crippen LogP contribution is -2.26. The van der Waals surface area contributed by atoms with E-state index in [0.29, 0.717) is 5.65 Å². The Labute approximate surface area is 101 Å². The third kappa shape index (κ3) is 2.62. The molecule has 0 radical (unpaired) electrons. The fourth-order valence-electron chi connectivity index (χ4n) is 1.45. The maximum atomic E-state index is 12.9. The van der Waals surface area contributed by atoms with Gasteiger partial charge in [0.2, 0.25) is 0 Å². The second kappa shape index (κ2) is 4.82. The first-order valence-electron chi connectivity index (χ1n) is 5.20. The van der Waals surface area contributed by atoms with E-state index in [4.69, 9.17) is 5.11 Å². The Balaban J connectivity index is 2.10. The maximum absolute atomic E-state index is 12.9. The van der Waals surface area contributed by atoms with E-state index in [1.54, 1.807) is 0 Å². The van der Waals surface area contributed by atoms with Crippen LogP contribution in [0.5, 0.6) is 0 Å². The molecule has 0 fully saturated rings. The number of amides is 1. The third-order valence-corrected chi connectivity index (χ3v) is 2.27. The Morgan fingerprint density at radius 2 is 2.17 bits per heavy atom. The van der Waals surface area contributed by atoms with Crippen molar-refractivity contribution in [2.24, 2.45) is 0 Å². The maximum Gasteiger partial charge on any atom is 0.305 e. The topological polar surface area (TPSA) is 83.7 Å². The number of halogens is 1. The van der Waals surface area contributed by atoms with Gasteiger partial charge in [0, 0.05) is 18.9 Å². The van der Waals surface area contributed by atoms with Crippen LogP contribution < -0.4 is 5.32 Å². The predicted molar refractivity (Wildman–Crippen MR) is 59.7 cm³/mol. The molecule has 0 aliphatic rings. The minimum atomic E-state index is -0.993. The molecule has 0 aromatic carbocycles. The zero-order valence-electron chi connectivity index (χ0n) is 9.26. The molecule has 0 spiro atoms. The number of hydrogen-bond acceptors (Lipinski definition) is 3. The van der Waals surface area contributed by atoms with Crippen LogP contribution in [0.25, 0.3) is 5.65 Å². The fourth-order valence-corrected chi connectivity index (χ4v) is 1.45. The number of rotatable bonds is 4. The van der Waals surface area contributed by atoms with Gasteiger partial charge >= 0.3 is 5.97 Å². The number of carboxylic acids is 1. The first kappa shape index (κ1) is 12.0. The van der Waals surface area contributed by atoms with Gasteiger partial charge < -0.3 is 14.8 Å². The summed E-state index contributed by atoms with van der Waals surface area (Å²) in [6.45, 7) is 0.0242. The highest BCUT2D eigenvalue weighted by molar-refractivity contribution is 5.93. The number of aromatic nitrogens is 2. The summed E-state index contributed by atoms with van der Waals surface area (Å²) >= 11 is 0. The number of pyridine rings is 1. The molecular formula is C11H10FN3O3. The van der Waals surface area contributed by atoms with E-state index < -0.39 is 17.7 Å². The molecule has 2 aromatic rings. The van der Waals surface area contributed by atoms with Crippen LogP contribution in [0.1, 0.15) is 16.9 Å². The highest BCUT2D eigenvalue weighted by Crippen LogP contribution is 2.06. The van der Waals surface area contributed by atoms with Gasteiger partial charge in [-0.2, -0.15) is 0 Å². The number of aliphatic carboxylic acids is 1. The van der Waals surface area contributed by atoms with Gasteiger partial charge in [-0.05, 0) is 12.1 Å². The summed E-state index contributed by atoms with van der Waals surface area (Å²) in [4.78, 5) is 25.9. The molecule has 0 saturated carbocycles. The Bertz CT molecular complexity index is 609. The Morgan fingerprint density at radius 3 is 2.89 bits per heavy atom. The van der Waals surface area contributed by atoms with E-state index in [9.17, 15) is 14.0 Å². The first-order chi connectivity index (χ1) is 8.56. The van der Waals surface area contributed by atoms with Crippen molar-refractivity contribution >= 4 is 17.5 Å². The summed E-state index contributed by atoms with van der Waals surface area (Å²) in [5, 5.41) is 10.8. The van der Waals surface area contributed by atoms with Crippen LogP contribution in [0, 0.1) is 5.82 Å². The van der Waals surface area contributed by atoms with Gasteiger partial charge in [0.15, 0.2) is 0 Å². The average Bonchev–Trinajstić information content (AvgIpc) is 2.71. The molecule has 0 atom stereocenters. The van der Waals surface area contributed by atoms with E-state index >= 15 is 0 Å². The van der Waals surface area contributed by atoms with E-state index in [2.05, 4.69) is 10.3 Å². The van der Waals surface area contributed by atoms with Gasteiger partial charge in [-0.15, -0.1) is 0 Å². The summed E-state index contributed by atoms with van der Waals surface area (Å²) in [6.07, 6.45) is 2.43. The molecule has 2 rings (SSSR count). The van der Waals surface area contributed by atoms with Crippen molar-refractivity contribution in [2.75, 3.05) is 6.54 Å². The van der Waals surface area contributed by atoms with Crippen molar-refractivity contribution in [2.45, 2.75) is 6.42 Å². The smallest absolute Gasteiger partial charge is 0.305 e. The molecule has 2 N–H and O–H groups in total. The highest BCUT2D eigenvalue weighted by Gasteiger charge is 2.10. The third-order valence-electron chi connectivity index (χ3n) is 2.27. The number of carbonyl (C=O) groups excluding carboxylic acids is 1. The summed E-state index contributed by atoms with van der Waals surface area (Å²) in [5.74, 6) is -1.91. The zero-order valence-corrected chi connectivity index (χ0v) is 9.26. The standard InChI is InChI=1S/C11H10FN3O3/c12-7-1-2-9-14-8(6-15(9)5-7)11(18)13-4-3-10(16)17/h1-2,5-6H,3-4H2,(H,13,18)(H,16,17). The number of fused-ring (bicyclic) bond motifs is 1. The van der Waals surface area contributed by atoms with E-state index in [1.807, 2.05) is 0 Å². The normalized spacial score (nSPS) is 10.5. The molecule has 0 aliphatic carbocycles. The van der Waals surface area contributed by atoms with Crippen LogP contribution in [-0.2, 0) is 4.79 Å². The van der Waals surface area contributed by atoms with Crippen LogP contribution >= 0.6 is 0 Å². The molecule has 2 aromatic heterocycles. The first-order valence-corrected chi connectivity index (χ1v) is 5.20. The van der Waals surface area contributed by atoms with Gasteiger partial charge in [0.05, 0.1) is 6.42 Å². The largest absolute Gasteiger partial charge is 0.481 e. The van der Waals surface area contributed by atoms with E-state index in [-0.39, 0.29) is 18.7 Å². The van der Waals surface area contributed by atoms with Crippen LogP contribution in [-0.4, -0.2) is 32.9 Å². The van der Waals surface area contributed by atoms with Gasteiger partial charge in [-0.25, -0.2) is 9.37 Å². The van der Waals surface area contributed by atoms with Crippen molar-refractivity contribution < 1.29 is 19.1 Å². The molecule has 1 amide bonds. The molecule has 0 bridgehead atoms. The number of carboxylic acid groups (broad SMARTS) is 1. The molecular weight excluding hydrogens is 241 g/mol. The van der Waals surface area contributed by atoms with Crippen molar-refractivity contribution in [3.05, 3.63) is 36.0 Å². The monoisotopic (exact) mass is 251 g/mol. The number of hydrogen-bond donors (Lipinski definition) is 2. The van der Waals surface area contributed by atoms with Gasteiger partial charge in [0.25, 0.3) is 5.91 Å². The van der Waals surface area contributed by atoms with Crippen LogP contribution in [0.15, 0.2) is 24.5 Å².